The van der Waals surface area contributed by atoms with Crippen LogP contribution < -0.4 is 5.32 Å². The summed E-state index contributed by atoms with van der Waals surface area (Å²) < 4.78 is 0. The van der Waals surface area contributed by atoms with Crippen molar-refractivity contribution in [1.82, 2.24) is 15.2 Å². The van der Waals surface area contributed by atoms with E-state index in [0.29, 0.717) is 0 Å². The maximum atomic E-state index is 4.07. The second kappa shape index (κ2) is 8.94. The van der Waals surface area contributed by atoms with Gasteiger partial charge in [-0.25, -0.2) is 0 Å². The van der Waals surface area contributed by atoms with Crippen LogP contribution in [0.2, 0.25) is 0 Å². The number of pyridine rings is 1. The number of nitrogens with one attached hydrogen (secondary N) is 1. The van der Waals surface area contributed by atoms with Gasteiger partial charge in [-0.1, -0.05) is 48.5 Å². The van der Waals surface area contributed by atoms with Gasteiger partial charge in [-0.15, -0.1) is 0 Å². The zero-order chi connectivity index (χ0) is 18.3. The molecule has 2 aromatic carbocycles. The summed E-state index contributed by atoms with van der Waals surface area (Å²) in [5.74, 6) is 0. The Bertz CT molecular complexity index is 837. The minimum absolute atomic E-state index is 0.853. The fourth-order valence-electron chi connectivity index (χ4n) is 3.79. The van der Waals surface area contributed by atoms with Crippen LogP contribution in [-0.4, -0.2) is 23.0 Å². The molecule has 3 heteroatoms. The first kappa shape index (κ1) is 17.9. The van der Waals surface area contributed by atoms with Crippen molar-refractivity contribution in [3.8, 4) is 11.1 Å². The molecule has 3 nitrogen and oxygen atoms in total. The van der Waals surface area contributed by atoms with Crippen molar-refractivity contribution in [2.45, 2.75) is 32.5 Å². The van der Waals surface area contributed by atoms with Crippen LogP contribution in [0, 0.1) is 0 Å². The number of hydrogen-bond donors (Lipinski definition) is 1. The average Bonchev–Trinajstić information content (AvgIpc) is 3.23. The molecule has 0 aliphatic carbocycles. The van der Waals surface area contributed by atoms with Crippen LogP contribution in [0.5, 0.6) is 0 Å². The van der Waals surface area contributed by atoms with E-state index in [1.165, 1.54) is 53.7 Å². The van der Waals surface area contributed by atoms with Gasteiger partial charge in [0.15, 0.2) is 0 Å². The second-order valence-electron chi connectivity index (χ2n) is 7.30. The van der Waals surface area contributed by atoms with Crippen molar-refractivity contribution in [3.05, 3.63) is 89.7 Å². The van der Waals surface area contributed by atoms with Crippen LogP contribution in [0.4, 0.5) is 0 Å². The molecule has 27 heavy (non-hydrogen) atoms. The lowest BCUT2D eigenvalue weighted by atomic mass is 9.98. The minimum atomic E-state index is 0.853. The molecule has 2 heterocycles. The highest BCUT2D eigenvalue weighted by Gasteiger charge is 2.12. The highest BCUT2D eigenvalue weighted by Crippen LogP contribution is 2.25. The molecule has 0 radical (unpaired) electrons. The molecule has 0 amide bonds. The topological polar surface area (TPSA) is 28.2 Å². The smallest absolute Gasteiger partial charge is 0.0271 e. The fraction of sp³-hybridized carbons (Fsp3) is 0.292. The lowest BCUT2D eigenvalue weighted by Gasteiger charge is -2.15. The molecular formula is C24H27N3. The van der Waals surface area contributed by atoms with E-state index in [0.717, 1.165) is 19.6 Å². The van der Waals surface area contributed by atoms with Crippen LogP contribution >= 0.6 is 0 Å². The van der Waals surface area contributed by atoms with Crippen molar-refractivity contribution >= 4 is 0 Å². The normalized spacial score (nSPS) is 14.5. The van der Waals surface area contributed by atoms with Crippen molar-refractivity contribution < 1.29 is 0 Å². The van der Waals surface area contributed by atoms with Crippen LogP contribution in [0.3, 0.4) is 0 Å². The van der Waals surface area contributed by atoms with Gasteiger partial charge in [0.1, 0.15) is 0 Å². The van der Waals surface area contributed by atoms with E-state index in [4.69, 9.17) is 0 Å². The van der Waals surface area contributed by atoms with Crippen molar-refractivity contribution in [3.63, 3.8) is 0 Å². The van der Waals surface area contributed by atoms with Crippen LogP contribution in [0.15, 0.2) is 73.1 Å². The Morgan fingerprint density at radius 3 is 2.30 bits per heavy atom. The molecule has 0 bridgehead atoms. The van der Waals surface area contributed by atoms with Gasteiger partial charge in [0.25, 0.3) is 0 Å². The van der Waals surface area contributed by atoms with Crippen LogP contribution in [0.25, 0.3) is 11.1 Å². The maximum Gasteiger partial charge on any atom is 0.0271 e. The molecule has 3 aromatic rings. The maximum absolute atomic E-state index is 4.07. The summed E-state index contributed by atoms with van der Waals surface area (Å²) in [6.45, 7) is 5.27. The molecule has 0 atom stereocenters. The van der Waals surface area contributed by atoms with Gasteiger partial charge in [-0.2, -0.15) is 0 Å². The number of hydrogen-bond acceptors (Lipinski definition) is 3. The van der Waals surface area contributed by atoms with Gasteiger partial charge < -0.3 is 5.32 Å². The molecular weight excluding hydrogens is 330 g/mol. The predicted octanol–water partition coefficient (Wildman–Crippen LogP) is 4.63. The Hall–Kier alpha value is -2.49. The molecule has 1 aromatic heterocycles. The van der Waals surface area contributed by atoms with Gasteiger partial charge in [0.05, 0.1) is 0 Å². The van der Waals surface area contributed by atoms with E-state index in [2.05, 4.69) is 75.9 Å². The zero-order valence-electron chi connectivity index (χ0n) is 15.8. The summed E-state index contributed by atoms with van der Waals surface area (Å²) in [4.78, 5) is 6.62. The van der Waals surface area contributed by atoms with Crippen molar-refractivity contribution in [2.75, 3.05) is 13.1 Å². The molecule has 0 saturated carbocycles. The Balaban J connectivity index is 1.42. The Kier molecular flexibility index (Phi) is 5.92. The Morgan fingerprint density at radius 2 is 1.52 bits per heavy atom. The summed E-state index contributed by atoms with van der Waals surface area (Å²) in [6, 6.07) is 21.9. The number of nitrogens with zero attached hydrogens (tertiary/aromatic N) is 2. The Morgan fingerprint density at radius 1 is 0.778 bits per heavy atom. The molecule has 1 fully saturated rings. The molecule has 1 aliphatic heterocycles. The molecule has 4 rings (SSSR count). The third-order valence-corrected chi connectivity index (χ3v) is 5.28. The quantitative estimate of drug-likeness (QED) is 0.668. The number of rotatable bonds is 7. The monoisotopic (exact) mass is 357 g/mol. The third kappa shape index (κ3) is 4.82. The number of likely N-dealkylation sites (tertiary alicyclic amines) is 1. The summed E-state index contributed by atoms with van der Waals surface area (Å²) in [6.07, 6.45) is 6.37. The second-order valence-corrected chi connectivity index (χ2v) is 7.30. The molecule has 0 unspecified atom stereocenters. The van der Waals surface area contributed by atoms with Crippen LogP contribution in [0.1, 0.15) is 29.5 Å². The minimum Gasteiger partial charge on any atom is -0.309 e. The Labute approximate surface area is 162 Å². The number of benzene rings is 2. The van der Waals surface area contributed by atoms with E-state index in [1.807, 2.05) is 12.4 Å². The largest absolute Gasteiger partial charge is 0.309 e. The lowest BCUT2D eigenvalue weighted by molar-refractivity contribution is 0.331. The van der Waals surface area contributed by atoms with E-state index < -0.39 is 0 Å². The summed E-state index contributed by atoms with van der Waals surface area (Å²) in [7, 11) is 0. The highest BCUT2D eigenvalue weighted by molar-refractivity contribution is 5.67. The van der Waals surface area contributed by atoms with Gasteiger partial charge in [-0.3, -0.25) is 9.88 Å². The molecule has 1 N–H and O–H groups in total. The van der Waals surface area contributed by atoms with Gasteiger partial charge in [-0.05, 0) is 65.9 Å². The summed E-state index contributed by atoms with van der Waals surface area (Å²) >= 11 is 0. The first-order valence-electron chi connectivity index (χ1n) is 9.88. The third-order valence-electron chi connectivity index (χ3n) is 5.28. The van der Waals surface area contributed by atoms with Gasteiger partial charge in [0.2, 0.25) is 0 Å². The average molecular weight is 358 g/mol. The van der Waals surface area contributed by atoms with E-state index >= 15 is 0 Å². The van der Waals surface area contributed by atoms with E-state index in [9.17, 15) is 0 Å². The first-order chi connectivity index (χ1) is 13.4. The van der Waals surface area contributed by atoms with E-state index in [1.54, 1.807) is 0 Å². The predicted molar refractivity (Wildman–Crippen MR) is 111 cm³/mol. The van der Waals surface area contributed by atoms with Crippen LogP contribution in [-0.2, 0) is 19.6 Å². The van der Waals surface area contributed by atoms with Gasteiger partial charge in [0, 0.05) is 32.0 Å². The molecule has 138 valence electrons. The summed E-state index contributed by atoms with van der Waals surface area (Å²) in [5.41, 5.74) is 6.61. The van der Waals surface area contributed by atoms with E-state index in [-0.39, 0.29) is 0 Å². The lowest BCUT2D eigenvalue weighted by Crippen LogP contribution is -2.18. The number of aromatic nitrogens is 1. The SMILES string of the molecule is c1ccc(-c2ccc(CN3CCCC3)cc2)c(CNCc2ccncc2)c1. The highest BCUT2D eigenvalue weighted by atomic mass is 15.1. The summed E-state index contributed by atoms with van der Waals surface area (Å²) in [5, 5.41) is 3.55. The van der Waals surface area contributed by atoms with Crippen molar-refractivity contribution in [2.24, 2.45) is 0 Å². The standard InChI is InChI=1S/C24H27N3/c1-2-6-24(23(5-1)18-26-17-20-11-13-25-14-12-20)22-9-7-21(8-10-22)19-27-15-3-4-16-27/h1-2,5-14,26H,3-4,15-19H2. The fourth-order valence-corrected chi connectivity index (χ4v) is 3.79. The molecule has 1 saturated heterocycles. The zero-order valence-corrected chi connectivity index (χ0v) is 15.8. The molecule has 0 spiro atoms. The van der Waals surface area contributed by atoms with Crippen molar-refractivity contribution in [1.29, 1.82) is 0 Å². The first-order valence-corrected chi connectivity index (χ1v) is 9.88. The van der Waals surface area contributed by atoms with Gasteiger partial charge >= 0.3 is 0 Å². The molecule has 1 aliphatic rings.